The zero-order valence-electron chi connectivity index (χ0n) is 6.16. The molecule has 3 N–H and O–H groups in total. The summed E-state index contributed by atoms with van der Waals surface area (Å²) in [6, 6.07) is 0.922. The van der Waals surface area contributed by atoms with Crippen LogP contribution in [0.15, 0.2) is 17.0 Å². The molecule has 0 amide bonds. The molecule has 0 unspecified atom stereocenters. The third kappa shape index (κ3) is 1.93. The van der Waals surface area contributed by atoms with Crippen LogP contribution in [0.25, 0.3) is 0 Å². The summed E-state index contributed by atoms with van der Waals surface area (Å²) < 4.78 is 54.6. The predicted octanol–water partition coefficient (Wildman–Crippen LogP) is 0.794. The van der Waals surface area contributed by atoms with Crippen molar-refractivity contribution in [2.45, 2.75) is 4.90 Å². The molecule has 0 saturated carbocycles. The third-order valence-electron chi connectivity index (χ3n) is 1.30. The molecule has 0 aromatic heterocycles. The van der Waals surface area contributed by atoms with Crippen LogP contribution in [0, 0.1) is 11.6 Å². The Balaban J connectivity index is 3.57. The van der Waals surface area contributed by atoms with Crippen LogP contribution >= 0.6 is 0 Å². The van der Waals surface area contributed by atoms with Crippen molar-refractivity contribution >= 4 is 15.8 Å². The lowest BCUT2D eigenvalue weighted by Crippen LogP contribution is -2.06. The molecule has 0 aliphatic carbocycles. The van der Waals surface area contributed by atoms with Gasteiger partial charge >= 0.3 is 0 Å². The van der Waals surface area contributed by atoms with Gasteiger partial charge in [0.25, 0.3) is 10.1 Å². The fraction of sp³-hybridized carbons (Fsp3) is 0. The van der Waals surface area contributed by atoms with Gasteiger partial charge in [-0.1, -0.05) is 0 Å². The van der Waals surface area contributed by atoms with Gasteiger partial charge in [0, 0.05) is 6.07 Å². The van der Waals surface area contributed by atoms with Gasteiger partial charge < -0.3 is 5.73 Å². The van der Waals surface area contributed by atoms with Gasteiger partial charge in [-0.3, -0.25) is 4.55 Å². The Morgan fingerprint density at radius 3 is 2.23 bits per heavy atom. The molecular weight excluding hydrogens is 204 g/mol. The van der Waals surface area contributed by atoms with Crippen LogP contribution < -0.4 is 5.73 Å². The first kappa shape index (κ1) is 9.87. The Hall–Kier alpha value is -1.21. The van der Waals surface area contributed by atoms with Crippen LogP contribution in [0.5, 0.6) is 0 Å². The minimum Gasteiger partial charge on any atom is -0.397 e. The van der Waals surface area contributed by atoms with E-state index in [1.807, 2.05) is 0 Å². The fourth-order valence-electron chi connectivity index (χ4n) is 0.852. The van der Waals surface area contributed by atoms with Crippen molar-refractivity contribution in [3.05, 3.63) is 23.8 Å². The first-order valence-electron chi connectivity index (χ1n) is 3.04. The van der Waals surface area contributed by atoms with Gasteiger partial charge in [0.1, 0.15) is 11.6 Å². The van der Waals surface area contributed by atoms with Crippen molar-refractivity contribution in [1.29, 1.82) is 0 Å². The summed E-state index contributed by atoms with van der Waals surface area (Å²) in [7, 11) is -4.75. The lowest BCUT2D eigenvalue weighted by atomic mass is 10.3. The molecule has 0 fully saturated rings. The maximum Gasteiger partial charge on any atom is 0.299 e. The molecule has 1 aromatic carbocycles. The molecule has 0 bridgehead atoms. The predicted molar refractivity (Wildman–Crippen MR) is 40.6 cm³/mol. The van der Waals surface area contributed by atoms with Crippen LogP contribution in [0.2, 0.25) is 0 Å². The van der Waals surface area contributed by atoms with Crippen LogP contribution in [-0.4, -0.2) is 13.0 Å². The monoisotopic (exact) mass is 209 g/mol. The van der Waals surface area contributed by atoms with Crippen LogP contribution in [0.4, 0.5) is 14.5 Å². The number of halogens is 2. The highest BCUT2D eigenvalue weighted by Crippen LogP contribution is 2.22. The van der Waals surface area contributed by atoms with Crippen molar-refractivity contribution in [2.24, 2.45) is 0 Å². The second-order valence-corrected chi connectivity index (χ2v) is 3.64. The van der Waals surface area contributed by atoms with Crippen LogP contribution in [0.3, 0.4) is 0 Å². The molecular formula is C6H5F2NO3S. The molecule has 13 heavy (non-hydrogen) atoms. The van der Waals surface area contributed by atoms with Crippen molar-refractivity contribution in [3.63, 3.8) is 0 Å². The molecule has 0 spiro atoms. The van der Waals surface area contributed by atoms with Crippen LogP contribution in [0.1, 0.15) is 0 Å². The molecule has 0 atom stereocenters. The van der Waals surface area contributed by atoms with Gasteiger partial charge in [0.15, 0.2) is 4.90 Å². The zero-order valence-corrected chi connectivity index (χ0v) is 6.98. The standard InChI is InChI=1S/C6H5F2NO3S/c7-3-1-4(8)6(5(9)2-3)13(10,11)12/h1-2H,9H2,(H,10,11,12). The van der Waals surface area contributed by atoms with E-state index in [0.717, 1.165) is 0 Å². The number of anilines is 1. The molecule has 0 aliphatic rings. The van der Waals surface area contributed by atoms with Gasteiger partial charge in [-0.15, -0.1) is 0 Å². The molecule has 0 aliphatic heterocycles. The summed E-state index contributed by atoms with van der Waals surface area (Å²) in [6.45, 7) is 0. The second-order valence-electron chi connectivity index (χ2n) is 2.28. The summed E-state index contributed by atoms with van der Waals surface area (Å²) >= 11 is 0. The first-order chi connectivity index (χ1) is 5.82. The van der Waals surface area contributed by atoms with Gasteiger partial charge in [0.2, 0.25) is 0 Å². The lowest BCUT2D eigenvalue weighted by Gasteiger charge is -2.02. The normalized spacial score (nSPS) is 11.6. The van der Waals surface area contributed by atoms with E-state index in [0.29, 0.717) is 12.1 Å². The van der Waals surface area contributed by atoms with Crippen molar-refractivity contribution in [3.8, 4) is 0 Å². The summed E-state index contributed by atoms with van der Waals surface area (Å²) in [5, 5.41) is 0. The molecule has 0 heterocycles. The zero-order chi connectivity index (χ0) is 10.2. The van der Waals surface area contributed by atoms with Gasteiger partial charge in [-0.2, -0.15) is 8.42 Å². The SMILES string of the molecule is Nc1cc(F)cc(F)c1S(=O)(=O)O. The van der Waals surface area contributed by atoms with E-state index in [4.69, 9.17) is 10.3 Å². The fourth-order valence-corrected chi connectivity index (χ4v) is 1.51. The van der Waals surface area contributed by atoms with Crippen LogP contribution in [-0.2, 0) is 10.1 Å². The Kier molecular flexibility index (Phi) is 2.22. The van der Waals surface area contributed by atoms with E-state index in [9.17, 15) is 17.2 Å². The largest absolute Gasteiger partial charge is 0.397 e. The highest BCUT2D eigenvalue weighted by atomic mass is 32.2. The number of nitrogen functional groups attached to an aromatic ring is 1. The van der Waals surface area contributed by atoms with Crippen molar-refractivity contribution < 1.29 is 21.8 Å². The van der Waals surface area contributed by atoms with E-state index in [1.54, 1.807) is 0 Å². The third-order valence-corrected chi connectivity index (χ3v) is 2.24. The van der Waals surface area contributed by atoms with Crippen molar-refractivity contribution in [1.82, 2.24) is 0 Å². The summed E-state index contributed by atoms with van der Waals surface area (Å²) in [6.07, 6.45) is 0. The molecule has 7 heteroatoms. The summed E-state index contributed by atoms with van der Waals surface area (Å²) in [5.74, 6) is -2.43. The smallest absolute Gasteiger partial charge is 0.299 e. The average molecular weight is 209 g/mol. The Morgan fingerprint density at radius 2 is 1.85 bits per heavy atom. The molecule has 0 saturated heterocycles. The van der Waals surface area contributed by atoms with E-state index in [2.05, 4.69) is 0 Å². The van der Waals surface area contributed by atoms with E-state index in [1.165, 1.54) is 0 Å². The number of hydrogen-bond acceptors (Lipinski definition) is 3. The highest BCUT2D eigenvalue weighted by Gasteiger charge is 2.20. The van der Waals surface area contributed by atoms with E-state index < -0.39 is 32.3 Å². The topological polar surface area (TPSA) is 80.4 Å². The first-order valence-corrected chi connectivity index (χ1v) is 4.48. The molecule has 1 aromatic rings. The number of hydrogen-bond donors (Lipinski definition) is 2. The number of benzene rings is 1. The summed E-state index contributed by atoms with van der Waals surface area (Å²) in [4.78, 5) is -1.10. The molecule has 0 radical (unpaired) electrons. The van der Waals surface area contributed by atoms with E-state index in [-0.39, 0.29) is 0 Å². The Bertz CT molecular complexity index is 420. The Morgan fingerprint density at radius 1 is 1.31 bits per heavy atom. The van der Waals surface area contributed by atoms with Gasteiger partial charge in [-0.25, -0.2) is 8.78 Å². The summed E-state index contributed by atoms with van der Waals surface area (Å²) in [5.41, 5.74) is 4.32. The van der Waals surface area contributed by atoms with Gasteiger partial charge in [-0.05, 0) is 6.07 Å². The minimum atomic E-state index is -4.75. The van der Waals surface area contributed by atoms with Crippen molar-refractivity contribution in [2.75, 3.05) is 5.73 Å². The number of rotatable bonds is 1. The Labute approximate surface area is 72.7 Å². The van der Waals surface area contributed by atoms with Gasteiger partial charge in [0.05, 0.1) is 5.69 Å². The average Bonchev–Trinajstić information content (AvgIpc) is 1.78. The maximum absolute atomic E-state index is 12.7. The molecule has 4 nitrogen and oxygen atoms in total. The lowest BCUT2D eigenvalue weighted by molar-refractivity contribution is 0.472. The molecule has 1 rings (SSSR count). The highest BCUT2D eigenvalue weighted by molar-refractivity contribution is 7.86. The quantitative estimate of drug-likeness (QED) is 0.529. The minimum absolute atomic E-state index is 0.319. The molecule has 72 valence electrons. The van der Waals surface area contributed by atoms with E-state index >= 15 is 0 Å². The second kappa shape index (κ2) is 2.93. The number of nitrogens with two attached hydrogens (primary N) is 1. The maximum atomic E-state index is 12.7.